The highest BCUT2D eigenvalue weighted by molar-refractivity contribution is 5.02. The van der Waals surface area contributed by atoms with E-state index in [1.807, 2.05) is 26.4 Å². The van der Waals surface area contributed by atoms with Gasteiger partial charge in [0.05, 0.1) is 12.3 Å². The van der Waals surface area contributed by atoms with Crippen LogP contribution in [0.2, 0.25) is 0 Å². The zero-order valence-corrected chi connectivity index (χ0v) is 9.07. The van der Waals surface area contributed by atoms with Gasteiger partial charge in [-0.15, -0.1) is 0 Å². The summed E-state index contributed by atoms with van der Waals surface area (Å²) in [5.41, 5.74) is 1.17. The van der Waals surface area contributed by atoms with Gasteiger partial charge in [0, 0.05) is 31.4 Å². The summed E-state index contributed by atoms with van der Waals surface area (Å²) in [6.45, 7) is 4.69. The molecule has 2 N–H and O–H groups in total. The molecule has 0 bridgehead atoms. The van der Waals surface area contributed by atoms with Gasteiger partial charge in [0.25, 0.3) is 0 Å². The molecule has 0 fully saturated rings. The molecule has 0 saturated heterocycles. The highest BCUT2D eigenvalue weighted by Crippen LogP contribution is 2.00. The van der Waals surface area contributed by atoms with Crippen molar-refractivity contribution in [3.05, 3.63) is 18.0 Å². The van der Waals surface area contributed by atoms with Crippen LogP contribution in [0.1, 0.15) is 25.8 Å². The molecule has 4 nitrogen and oxygen atoms in total. The van der Waals surface area contributed by atoms with Crippen LogP contribution in [0, 0.1) is 0 Å². The summed E-state index contributed by atoms with van der Waals surface area (Å²) in [4.78, 5) is 0. The second-order valence-electron chi connectivity index (χ2n) is 3.89. The Morgan fingerprint density at radius 1 is 1.57 bits per heavy atom. The predicted octanol–water partition coefficient (Wildman–Crippen LogP) is 0.669. The van der Waals surface area contributed by atoms with Crippen LogP contribution in [0.15, 0.2) is 12.4 Å². The zero-order valence-electron chi connectivity index (χ0n) is 9.07. The maximum Gasteiger partial charge on any atom is 0.0534 e. The van der Waals surface area contributed by atoms with E-state index < -0.39 is 0 Å². The van der Waals surface area contributed by atoms with Crippen molar-refractivity contribution in [3.8, 4) is 0 Å². The molecular formula is C10H19N3O. The van der Waals surface area contributed by atoms with Gasteiger partial charge in [-0.1, -0.05) is 0 Å². The molecule has 1 heterocycles. The maximum absolute atomic E-state index is 9.17. The summed E-state index contributed by atoms with van der Waals surface area (Å²) < 4.78 is 1.79. The molecular weight excluding hydrogens is 178 g/mol. The third-order valence-electron chi connectivity index (χ3n) is 2.11. The number of nitrogens with one attached hydrogen (secondary N) is 1. The minimum atomic E-state index is -0.244. The molecule has 0 aromatic carbocycles. The molecule has 1 aromatic rings. The van der Waals surface area contributed by atoms with E-state index in [0.717, 1.165) is 13.0 Å². The molecule has 1 rings (SSSR count). The molecule has 14 heavy (non-hydrogen) atoms. The predicted molar refractivity (Wildman–Crippen MR) is 55.8 cm³/mol. The molecule has 4 heteroatoms. The van der Waals surface area contributed by atoms with E-state index in [1.165, 1.54) is 5.56 Å². The maximum atomic E-state index is 9.17. The zero-order chi connectivity index (χ0) is 10.6. The number of aliphatic hydroxyl groups is 1. The molecule has 0 saturated carbocycles. The normalized spacial score (nSPS) is 15.4. The van der Waals surface area contributed by atoms with Gasteiger partial charge in [0.15, 0.2) is 0 Å². The summed E-state index contributed by atoms with van der Waals surface area (Å²) in [5, 5.41) is 16.6. The van der Waals surface area contributed by atoms with Crippen molar-refractivity contribution in [2.75, 3.05) is 0 Å². The Kier molecular flexibility index (Phi) is 4.10. The Hall–Kier alpha value is -0.870. The molecule has 0 radical (unpaired) electrons. The van der Waals surface area contributed by atoms with Crippen molar-refractivity contribution < 1.29 is 5.11 Å². The van der Waals surface area contributed by atoms with E-state index in [2.05, 4.69) is 17.3 Å². The van der Waals surface area contributed by atoms with E-state index >= 15 is 0 Å². The van der Waals surface area contributed by atoms with Crippen molar-refractivity contribution in [3.63, 3.8) is 0 Å². The number of hydrogen-bond donors (Lipinski definition) is 2. The average Bonchev–Trinajstić information content (AvgIpc) is 2.47. The first-order valence-electron chi connectivity index (χ1n) is 4.97. The van der Waals surface area contributed by atoms with E-state index in [9.17, 15) is 0 Å². The summed E-state index contributed by atoms with van der Waals surface area (Å²) in [7, 11) is 1.91. The van der Waals surface area contributed by atoms with Crippen LogP contribution >= 0.6 is 0 Å². The first-order valence-corrected chi connectivity index (χ1v) is 4.97. The molecule has 0 amide bonds. The third kappa shape index (κ3) is 3.89. The van der Waals surface area contributed by atoms with Gasteiger partial charge in [-0.05, 0) is 20.3 Å². The molecule has 0 aliphatic heterocycles. The van der Waals surface area contributed by atoms with Gasteiger partial charge < -0.3 is 10.4 Å². The SMILES string of the molecule is CC(O)CC(C)NCc1cnn(C)c1. The second-order valence-corrected chi connectivity index (χ2v) is 3.89. The second kappa shape index (κ2) is 5.12. The summed E-state index contributed by atoms with van der Waals surface area (Å²) in [5.74, 6) is 0. The standard InChI is InChI=1S/C10H19N3O/c1-8(4-9(2)14)11-5-10-6-12-13(3)7-10/h6-9,11,14H,4-5H2,1-3H3. The van der Waals surface area contributed by atoms with E-state index in [1.54, 1.807) is 4.68 Å². The molecule has 2 atom stereocenters. The number of hydrogen-bond acceptors (Lipinski definition) is 3. The minimum absolute atomic E-state index is 0.244. The Labute approximate surface area is 84.9 Å². The number of aromatic nitrogens is 2. The summed E-state index contributed by atoms with van der Waals surface area (Å²) >= 11 is 0. The highest BCUT2D eigenvalue weighted by Gasteiger charge is 2.05. The quantitative estimate of drug-likeness (QED) is 0.729. The number of aliphatic hydroxyl groups excluding tert-OH is 1. The first kappa shape index (κ1) is 11.2. The highest BCUT2D eigenvalue weighted by atomic mass is 16.3. The number of nitrogens with zero attached hydrogens (tertiary/aromatic N) is 2. The molecule has 0 spiro atoms. The largest absolute Gasteiger partial charge is 0.393 e. The number of rotatable bonds is 5. The topological polar surface area (TPSA) is 50.1 Å². The smallest absolute Gasteiger partial charge is 0.0534 e. The van der Waals surface area contributed by atoms with Gasteiger partial charge in [-0.2, -0.15) is 5.10 Å². The molecule has 0 aliphatic carbocycles. The lowest BCUT2D eigenvalue weighted by Gasteiger charge is -2.14. The van der Waals surface area contributed by atoms with Gasteiger partial charge in [-0.3, -0.25) is 4.68 Å². The van der Waals surface area contributed by atoms with Crippen molar-refractivity contribution in [2.24, 2.45) is 7.05 Å². The van der Waals surface area contributed by atoms with Crippen LogP contribution in [0.4, 0.5) is 0 Å². The lowest BCUT2D eigenvalue weighted by molar-refractivity contribution is 0.170. The van der Waals surface area contributed by atoms with Crippen LogP contribution in [0.25, 0.3) is 0 Å². The lowest BCUT2D eigenvalue weighted by Crippen LogP contribution is -2.28. The van der Waals surface area contributed by atoms with Crippen molar-refractivity contribution >= 4 is 0 Å². The van der Waals surface area contributed by atoms with E-state index in [4.69, 9.17) is 5.11 Å². The summed E-state index contributed by atoms with van der Waals surface area (Å²) in [6.07, 6.45) is 4.37. The number of aryl methyl sites for hydroxylation is 1. The molecule has 1 aromatic heterocycles. The first-order chi connectivity index (χ1) is 6.58. The summed E-state index contributed by atoms with van der Waals surface area (Å²) in [6, 6.07) is 0.329. The van der Waals surface area contributed by atoms with Crippen LogP contribution in [0.3, 0.4) is 0 Å². The van der Waals surface area contributed by atoms with Crippen LogP contribution < -0.4 is 5.32 Å². The van der Waals surface area contributed by atoms with Crippen LogP contribution in [0.5, 0.6) is 0 Å². The lowest BCUT2D eigenvalue weighted by atomic mass is 10.1. The fraction of sp³-hybridized carbons (Fsp3) is 0.700. The fourth-order valence-corrected chi connectivity index (χ4v) is 1.45. The molecule has 0 aliphatic rings. The van der Waals surface area contributed by atoms with Gasteiger partial charge in [0.2, 0.25) is 0 Å². The minimum Gasteiger partial charge on any atom is -0.393 e. The van der Waals surface area contributed by atoms with Gasteiger partial charge in [-0.25, -0.2) is 0 Å². The molecule has 2 unspecified atom stereocenters. The Balaban J connectivity index is 2.26. The van der Waals surface area contributed by atoms with Crippen LogP contribution in [-0.4, -0.2) is 27.0 Å². The monoisotopic (exact) mass is 197 g/mol. The van der Waals surface area contributed by atoms with Gasteiger partial charge in [0.1, 0.15) is 0 Å². The Bertz CT molecular complexity index is 270. The fourth-order valence-electron chi connectivity index (χ4n) is 1.45. The van der Waals surface area contributed by atoms with Crippen molar-refractivity contribution in [1.82, 2.24) is 15.1 Å². The van der Waals surface area contributed by atoms with Crippen molar-refractivity contribution in [1.29, 1.82) is 0 Å². The Morgan fingerprint density at radius 3 is 2.79 bits per heavy atom. The third-order valence-corrected chi connectivity index (χ3v) is 2.11. The van der Waals surface area contributed by atoms with Gasteiger partial charge >= 0.3 is 0 Å². The average molecular weight is 197 g/mol. The van der Waals surface area contributed by atoms with E-state index in [-0.39, 0.29) is 6.10 Å². The van der Waals surface area contributed by atoms with Crippen LogP contribution in [-0.2, 0) is 13.6 Å². The van der Waals surface area contributed by atoms with Crippen molar-refractivity contribution in [2.45, 2.75) is 39.0 Å². The molecule has 80 valence electrons. The van der Waals surface area contributed by atoms with E-state index in [0.29, 0.717) is 6.04 Å². The Morgan fingerprint density at radius 2 is 2.29 bits per heavy atom.